The number of methoxy groups -OCH3 is 2. The van der Waals surface area contributed by atoms with Crippen LogP contribution in [-0.4, -0.2) is 44.0 Å². The first-order valence-electron chi connectivity index (χ1n) is 12.9. The van der Waals surface area contributed by atoms with Crippen molar-refractivity contribution in [3.05, 3.63) is 82.8 Å². The molecule has 3 N–H and O–H groups in total. The Hall–Kier alpha value is -4.94. The molecule has 214 valence electrons. The summed E-state index contributed by atoms with van der Waals surface area (Å²) in [5.74, 6) is 0.874. The van der Waals surface area contributed by atoms with Crippen LogP contribution in [0.2, 0.25) is 0 Å². The minimum Gasteiger partial charge on any atom is -0.493 e. The highest BCUT2D eigenvalue weighted by Gasteiger charge is 2.23. The van der Waals surface area contributed by atoms with Gasteiger partial charge in [-0.25, -0.2) is 13.6 Å². The van der Waals surface area contributed by atoms with Crippen molar-refractivity contribution >= 4 is 54.0 Å². The smallest absolute Gasteiger partial charge is 0.267 e. The van der Waals surface area contributed by atoms with E-state index in [0.29, 0.717) is 50.1 Å². The van der Waals surface area contributed by atoms with Crippen LogP contribution in [-0.2, 0) is 21.4 Å². The lowest BCUT2D eigenvalue weighted by Crippen LogP contribution is -2.35. The third-order valence-corrected chi connectivity index (χ3v) is 8.19. The number of hydrogen-bond acceptors (Lipinski definition) is 8. The van der Waals surface area contributed by atoms with Crippen molar-refractivity contribution in [3.63, 3.8) is 0 Å². The molecule has 6 rings (SSSR count). The lowest BCUT2D eigenvalue weighted by molar-refractivity contribution is -0.127. The maximum atomic E-state index is 13.9. The number of rotatable bonds is 8. The first-order chi connectivity index (χ1) is 20.1. The number of pyridine rings is 2. The Morgan fingerprint density at radius 3 is 2.45 bits per heavy atom. The lowest BCUT2D eigenvalue weighted by atomic mass is 10.1. The van der Waals surface area contributed by atoms with Gasteiger partial charge in [-0.1, -0.05) is 12.1 Å². The molecule has 1 atom stereocenters. The summed E-state index contributed by atoms with van der Waals surface area (Å²) in [6, 6.07) is 16.6. The van der Waals surface area contributed by atoms with Gasteiger partial charge in [0.2, 0.25) is 10.0 Å². The number of nitrogens with two attached hydrogens (primary N) is 1. The van der Waals surface area contributed by atoms with E-state index in [2.05, 4.69) is 10.3 Å². The number of nitrogens with one attached hydrogen (secondary N) is 1. The number of sulfonamides is 1. The second-order valence-corrected chi connectivity index (χ2v) is 11.3. The fourth-order valence-electron chi connectivity index (χ4n) is 5.26. The topological polar surface area (TPSA) is 151 Å². The zero-order chi connectivity index (χ0) is 29.8. The zero-order valence-corrected chi connectivity index (χ0v) is 23.7. The summed E-state index contributed by atoms with van der Waals surface area (Å²) < 4.78 is 41.5. The minimum atomic E-state index is -3.79. The van der Waals surface area contributed by atoms with Crippen LogP contribution in [0.15, 0.2) is 76.6 Å². The average molecular weight is 587 g/mol. The Balaban J connectivity index is 1.33. The number of primary sulfonamides is 1. The van der Waals surface area contributed by atoms with Crippen LogP contribution >= 0.6 is 0 Å². The second kappa shape index (κ2) is 10.2. The van der Waals surface area contributed by atoms with Crippen LogP contribution in [0.1, 0.15) is 12.5 Å². The predicted molar refractivity (Wildman–Crippen MR) is 158 cm³/mol. The Kier molecular flexibility index (Phi) is 6.59. The number of hydrogen-bond donors (Lipinski definition) is 2. The van der Waals surface area contributed by atoms with Crippen LogP contribution in [0.25, 0.3) is 38.1 Å². The van der Waals surface area contributed by atoms with Crippen molar-refractivity contribution in [1.29, 1.82) is 0 Å². The summed E-state index contributed by atoms with van der Waals surface area (Å²) in [7, 11) is -0.781. The Bertz CT molecular complexity index is 2180. The molecular weight excluding hydrogens is 560 g/mol. The van der Waals surface area contributed by atoms with Crippen LogP contribution in [0.4, 0.5) is 0 Å². The third-order valence-electron chi connectivity index (χ3n) is 7.27. The van der Waals surface area contributed by atoms with Crippen molar-refractivity contribution in [3.8, 4) is 17.2 Å². The van der Waals surface area contributed by atoms with Crippen LogP contribution in [0, 0.1) is 0 Å². The second-order valence-electron chi connectivity index (χ2n) is 9.77. The number of aromatic nitrogens is 2. The summed E-state index contributed by atoms with van der Waals surface area (Å²) in [6.45, 7) is 1.81. The molecule has 0 aliphatic heterocycles. The molecule has 6 aromatic rings. The van der Waals surface area contributed by atoms with Crippen molar-refractivity contribution in [2.75, 3.05) is 14.2 Å². The highest BCUT2D eigenvalue weighted by molar-refractivity contribution is 7.89. The number of ether oxygens (including phenoxy) is 3. The fraction of sp³-hybridized carbons (Fsp3) is 0.167. The SMILES string of the molecule is COc1ccc2c(c1OC)c(=O)n1c3ccc(O[C@@H](C)C(=O)NCc4ccc(S(N)(=O)=O)cc4)cc3c3ccnc2c31. The van der Waals surface area contributed by atoms with Crippen molar-refractivity contribution in [2.45, 2.75) is 24.5 Å². The molecule has 0 aliphatic rings. The van der Waals surface area contributed by atoms with Gasteiger partial charge in [0, 0.05) is 28.9 Å². The molecule has 0 bridgehead atoms. The molecule has 3 aromatic carbocycles. The van der Waals surface area contributed by atoms with Gasteiger partial charge >= 0.3 is 0 Å². The number of carbonyl (C=O) groups is 1. The van der Waals surface area contributed by atoms with Gasteiger partial charge in [0.05, 0.1) is 41.1 Å². The minimum absolute atomic E-state index is 0.00580. The van der Waals surface area contributed by atoms with Crippen LogP contribution in [0.5, 0.6) is 17.2 Å². The molecule has 0 saturated heterocycles. The zero-order valence-electron chi connectivity index (χ0n) is 22.9. The summed E-state index contributed by atoms with van der Waals surface area (Å²) in [5.41, 5.74) is 2.42. The van der Waals surface area contributed by atoms with Gasteiger partial charge in [-0.15, -0.1) is 0 Å². The van der Waals surface area contributed by atoms with E-state index >= 15 is 0 Å². The normalized spacial score (nSPS) is 12.7. The van der Waals surface area contributed by atoms with Crippen molar-refractivity contribution < 1.29 is 27.4 Å². The van der Waals surface area contributed by atoms with Gasteiger partial charge in [-0.3, -0.25) is 19.0 Å². The highest BCUT2D eigenvalue weighted by atomic mass is 32.2. The molecule has 3 heterocycles. The summed E-state index contributed by atoms with van der Waals surface area (Å²) in [6.07, 6.45) is 0.853. The van der Waals surface area contributed by atoms with E-state index in [9.17, 15) is 18.0 Å². The monoisotopic (exact) mass is 586 g/mol. The lowest BCUT2D eigenvalue weighted by Gasteiger charge is -2.15. The molecule has 42 heavy (non-hydrogen) atoms. The van der Waals surface area contributed by atoms with Crippen LogP contribution in [0.3, 0.4) is 0 Å². The van der Waals surface area contributed by atoms with Gasteiger partial charge in [0.25, 0.3) is 11.5 Å². The first kappa shape index (κ1) is 27.2. The number of amides is 1. The van der Waals surface area contributed by atoms with Gasteiger partial charge in [0.1, 0.15) is 5.75 Å². The summed E-state index contributed by atoms with van der Waals surface area (Å²) in [4.78, 5) is 31.3. The molecule has 0 spiro atoms. The number of nitrogens with zero attached hydrogens (tertiary/aromatic N) is 2. The van der Waals surface area contributed by atoms with Crippen molar-refractivity contribution in [1.82, 2.24) is 14.7 Å². The third kappa shape index (κ3) is 4.41. The van der Waals surface area contributed by atoms with E-state index in [1.165, 1.54) is 26.4 Å². The quantitative estimate of drug-likeness (QED) is 0.258. The summed E-state index contributed by atoms with van der Waals surface area (Å²) in [5, 5.41) is 10.5. The maximum absolute atomic E-state index is 13.9. The average Bonchev–Trinajstić information content (AvgIpc) is 3.32. The van der Waals surface area contributed by atoms with Gasteiger partial charge in [-0.05, 0) is 61.0 Å². The molecule has 3 aromatic heterocycles. The molecule has 0 unspecified atom stereocenters. The largest absolute Gasteiger partial charge is 0.493 e. The molecular formula is C30H26N4O7S. The maximum Gasteiger partial charge on any atom is 0.267 e. The van der Waals surface area contributed by atoms with E-state index in [0.717, 1.165) is 10.8 Å². The van der Waals surface area contributed by atoms with E-state index in [1.807, 2.05) is 6.07 Å². The van der Waals surface area contributed by atoms with Crippen molar-refractivity contribution in [2.24, 2.45) is 5.14 Å². The molecule has 11 nitrogen and oxygen atoms in total. The molecule has 1 amide bonds. The highest BCUT2D eigenvalue weighted by Crippen LogP contribution is 2.39. The molecule has 12 heteroatoms. The number of fused-ring (bicyclic) bond motifs is 5. The van der Waals surface area contributed by atoms with E-state index in [4.69, 9.17) is 19.3 Å². The molecule has 0 saturated carbocycles. The first-order valence-corrected chi connectivity index (χ1v) is 14.5. The standard InChI is InChI=1S/C30H26N4O7S/c1-16(29(35)33-15-17-4-7-19(8-5-17)42(31,37)38)41-18-6-10-23-22(14-18)20-12-13-32-26-21-9-11-24(39-2)28(40-3)25(21)30(36)34(23)27(20)26/h4-14,16H,15H2,1-3H3,(H,33,35)(H2,31,37,38)/t16-/m0/s1. The Labute approximate surface area is 239 Å². The Morgan fingerprint density at radius 2 is 1.76 bits per heavy atom. The van der Waals surface area contributed by atoms with Gasteiger partial charge < -0.3 is 19.5 Å². The van der Waals surface area contributed by atoms with E-state index < -0.39 is 16.1 Å². The predicted octanol–water partition coefficient (Wildman–Crippen LogP) is 3.34. The molecule has 0 radical (unpaired) electrons. The summed E-state index contributed by atoms with van der Waals surface area (Å²) >= 11 is 0. The molecule has 0 aliphatic carbocycles. The fourth-order valence-corrected chi connectivity index (χ4v) is 5.78. The van der Waals surface area contributed by atoms with Gasteiger partial charge in [-0.2, -0.15) is 0 Å². The van der Waals surface area contributed by atoms with E-state index in [1.54, 1.807) is 60.0 Å². The Morgan fingerprint density at radius 1 is 1.00 bits per heavy atom. The molecule has 0 fully saturated rings. The number of carbonyl (C=O) groups excluding carboxylic acids is 1. The van der Waals surface area contributed by atoms with Crippen LogP contribution < -0.4 is 30.2 Å². The number of benzene rings is 3. The van der Waals surface area contributed by atoms with Gasteiger partial charge in [0.15, 0.2) is 17.6 Å². The van der Waals surface area contributed by atoms with E-state index in [-0.39, 0.29) is 22.9 Å².